The Balaban J connectivity index is 1.18. The lowest BCUT2D eigenvalue weighted by Gasteiger charge is -2.26. The molecule has 0 spiro atoms. The standard InChI is InChI=1S/C44H29NO/c1-2-9-30(10-3-1)31-17-22-35(23-18-31)45(36-24-19-34(20-25-36)39-16-8-13-32-11-4-6-14-38(32)39)37-26-28-41-42-27-21-33-12-5-7-15-40(33)44(42)46-43(41)29-37/h1-29H. The van der Waals surface area contributed by atoms with Crippen molar-refractivity contribution in [2.75, 3.05) is 4.90 Å². The molecule has 0 saturated heterocycles. The van der Waals surface area contributed by atoms with Gasteiger partial charge in [0.15, 0.2) is 0 Å². The minimum Gasteiger partial charge on any atom is -0.455 e. The monoisotopic (exact) mass is 587 g/mol. The van der Waals surface area contributed by atoms with E-state index in [2.05, 4.69) is 181 Å². The van der Waals surface area contributed by atoms with Crippen LogP contribution in [0.5, 0.6) is 0 Å². The third-order valence-corrected chi connectivity index (χ3v) is 9.06. The van der Waals surface area contributed by atoms with Crippen molar-refractivity contribution in [1.29, 1.82) is 0 Å². The Hall–Kier alpha value is -6.12. The number of furan rings is 1. The van der Waals surface area contributed by atoms with Gasteiger partial charge in [0.05, 0.1) is 0 Å². The van der Waals surface area contributed by atoms with Gasteiger partial charge in [-0.1, -0.05) is 127 Å². The highest BCUT2D eigenvalue weighted by Crippen LogP contribution is 2.41. The molecule has 0 bridgehead atoms. The Bertz CT molecular complexity index is 2500. The van der Waals surface area contributed by atoms with Crippen LogP contribution >= 0.6 is 0 Å². The average molecular weight is 588 g/mol. The number of nitrogens with zero attached hydrogens (tertiary/aromatic N) is 1. The summed E-state index contributed by atoms with van der Waals surface area (Å²) in [5, 5.41) is 7.08. The molecule has 0 atom stereocenters. The summed E-state index contributed by atoms with van der Waals surface area (Å²) in [5.41, 5.74) is 9.84. The first-order valence-corrected chi connectivity index (χ1v) is 15.7. The summed E-state index contributed by atoms with van der Waals surface area (Å²) >= 11 is 0. The maximum absolute atomic E-state index is 6.60. The van der Waals surface area contributed by atoms with E-state index in [1.807, 2.05) is 0 Å². The van der Waals surface area contributed by atoms with Gasteiger partial charge in [-0.2, -0.15) is 0 Å². The first kappa shape index (κ1) is 26.3. The van der Waals surface area contributed by atoms with E-state index >= 15 is 0 Å². The van der Waals surface area contributed by atoms with Crippen molar-refractivity contribution in [3.8, 4) is 22.3 Å². The van der Waals surface area contributed by atoms with Gasteiger partial charge >= 0.3 is 0 Å². The molecule has 0 radical (unpaired) electrons. The van der Waals surface area contributed by atoms with Crippen molar-refractivity contribution < 1.29 is 4.42 Å². The fourth-order valence-electron chi connectivity index (χ4n) is 6.78. The summed E-state index contributed by atoms with van der Waals surface area (Å²) in [6.07, 6.45) is 0. The van der Waals surface area contributed by atoms with E-state index in [9.17, 15) is 0 Å². The fraction of sp³-hybridized carbons (Fsp3) is 0. The Kier molecular flexibility index (Phi) is 6.17. The molecule has 1 heterocycles. The van der Waals surface area contributed by atoms with Gasteiger partial charge in [-0.3, -0.25) is 0 Å². The normalized spacial score (nSPS) is 11.5. The van der Waals surface area contributed by atoms with Crippen LogP contribution < -0.4 is 4.90 Å². The molecule has 2 heteroatoms. The van der Waals surface area contributed by atoms with Crippen molar-refractivity contribution in [3.05, 3.63) is 176 Å². The Morgan fingerprint density at radius 2 is 0.913 bits per heavy atom. The molecule has 1 aromatic heterocycles. The van der Waals surface area contributed by atoms with Crippen LogP contribution in [0.3, 0.4) is 0 Å². The minimum absolute atomic E-state index is 0.877. The van der Waals surface area contributed by atoms with Gasteiger partial charge in [-0.25, -0.2) is 0 Å². The SMILES string of the molecule is c1ccc(-c2ccc(N(c3ccc(-c4cccc5ccccc45)cc3)c3ccc4c(c3)oc3c5ccccc5ccc43)cc2)cc1. The van der Waals surface area contributed by atoms with Crippen LogP contribution in [0.15, 0.2) is 180 Å². The second-order valence-electron chi connectivity index (χ2n) is 11.8. The lowest BCUT2D eigenvalue weighted by molar-refractivity contribution is 0.672. The molecule has 9 rings (SSSR count). The molecule has 2 nitrogen and oxygen atoms in total. The highest BCUT2D eigenvalue weighted by Gasteiger charge is 2.17. The minimum atomic E-state index is 0.877. The van der Waals surface area contributed by atoms with Gasteiger partial charge in [-0.15, -0.1) is 0 Å². The summed E-state index contributed by atoms with van der Waals surface area (Å²) in [6, 6.07) is 62.7. The van der Waals surface area contributed by atoms with Crippen LogP contribution in [0.2, 0.25) is 0 Å². The average Bonchev–Trinajstić information content (AvgIpc) is 3.51. The lowest BCUT2D eigenvalue weighted by atomic mass is 9.98. The second-order valence-corrected chi connectivity index (χ2v) is 11.8. The van der Waals surface area contributed by atoms with Crippen molar-refractivity contribution in [1.82, 2.24) is 0 Å². The number of benzene rings is 8. The van der Waals surface area contributed by atoms with E-state index in [4.69, 9.17) is 4.42 Å². The molecular weight excluding hydrogens is 558 g/mol. The van der Waals surface area contributed by atoms with Gasteiger partial charge in [0.1, 0.15) is 11.2 Å². The van der Waals surface area contributed by atoms with Crippen LogP contribution in [0.25, 0.3) is 65.7 Å². The molecule has 8 aromatic carbocycles. The zero-order valence-electron chi connectivity index (χ0n) is 25.1. The van der Waals surface area contributed by atoms with Gasteiger partial charge < -0.3 is 9.32 Å². The van der Waals surface area contributed by atoms with E-state index in [1.54, 1.807) is 0 Å². The summed E-state index contributed by atoms with van der Waals surface area (Å²) in [5.74, 6) is 0. The molecule has 0 saturated carbocycles. The molecule has 0 amide bonds. The number of rotatable bonds is 5. The molecule has 9 aromatic rings. The summed E-state index contributed by atoms with van der Waals surface area (Å²) in [6.45, 7) is 0. The smallest absolute Gasteiger partial charge is 0.143 e. The van der Waals surface area contributed by atoms with Crippen molar-refractivity contribution in [3.63, 3.8) is 0 Å². The zero-order chi connectivity index (χ0) is 30.5. The maximum Gasteiger partial charge on any atom is 0.143 e. The highest BCUT2D eigenvalue weighted by molar-refractivity contribution is 6.15. The predicted molar refractivity (Wildman–Crippen MR) is 194 cm³/mol. The Morgan fingerprint density at radius 1 is 0.348 bits per heavy atom. The summed E-state index contributed by atoms with van der Waals surface area (Å²) < 4.78 is 6.60. The molecule has 0 aliphatic rings. The number of hydrogen-bond donors (Lipinski definition) is 0. The molecule has 46 heavy (non-hydrogen) atoms. The van der Waals surface area contributed by atoms with Gasteiger partial charge in [0, 0.05) is 39.3 Å². The number of anilines is 3. The van der Waals surface area contributed by atoms with Crippen LogP contribution in [0.4, 0.5) is 17.1 Å². The van der Waals surface area contributed by atoms with Gasteiger partial charge in [0.25, 0.3) is 0 Å². The van der Waals surface area contributed by atoms with Crippen LogP contribution in [0.1, 0.15) is 0 Å². The van der Waals surface area contributed by atoms with E-state index in [0.29, 0.717) is 0 Å². The predicted octanol–water partition coefficient (Wildman–Crippen LogP) is 12.7. The van der Waals surface area contributed by atoms with E-state index in [0.717, 1.165) is 44.4 Å². The lowest BCUT2D eigenvalue weighted by Crippen LogP contribution is -2.09. The van der Waals surface area contributed by atoms with Crippen LogP contribution in [-0.4, -0.2) is 0 Å². The molecule has 0 fully saturated rings. The van der Waals surface area contributed by atoms with E-state index in [1.165, 1.54) is 38.4 Å². The Morgan fingerprint density at radius 3 is 1.67 bits per heavy atom. The van der Waals surface area contributed by atoms with Crippen molar-refractivity contribution in [2.45, 2.75) is 0 Å². The van der Waals surface area contributed by atoms with E-state index < -0.39 is 0 Å². The molecule has 0 aliphatic carbocycles. The quantitative estimate of drug-likeness (QED) is 0.199. The summed E-state index contributed by atoms with van der Waals surface area (Å²) in [7, 11) is 0. The molecule has 0 N–H and O–H groups in total. The van der Waals surface area contributed by atoms with Crippen LogP contribution in [-0.2, 0) is 0 Å². The van der Waals surface area contributed by atoms with E-state index in [-0.39, 0.29) is 0 Å². The molecule has 0 aliphatic heterocycles. The molecule has 0 unspecified atom stereocenters. The van der Waals surface area contributed by atoms with Crippen molar-refractivity contribution >= 4 is 60.5 Å². The topological polar surface area (TPSA) is 16.4 Å². The van der Waals surface area contributed by atoms with Gasteiger partial charge in [-0.05, 0) is 80.9 Å². The zero-order valence-corrected chi connectivity index (χ0v) is 25.1. The molecular formula is C44H29NO. The Labute approximate surface area is 267 Å². The molecule has 216 valence electrons. The first-order valence-electron chi connectivity index (χ1n) is 15.7. The number of fused-ring (bicyclic) bond motifs is 6. The second kappa shape index (κ2) is 10.8. The highest BCUT2D eigenvalue weighted by atomic mass is 16.3. The fourth-order valence-corrected chi connectivity index (χ4v) is 6.78. The number of hydrogen-bond acceptors (Lipinski definition) is 2. The third-order valence-electron chi connectivity index (χ3n) is 9.06. The van der Waals surface area contributed by atoms with Crippen molar-refractivity contribution in [2.24, 2.45) is 0 Å². The van der Waals surface area contributed by atoms with Gasteiger partial charge in [0.2, 0.25) is 0 Å². The third kappa shape index (κ3) is 4.43. The largest absolute Gasteiger partial charge is 0.455 e. The van der Waals surface area contributed by atoms with Crippen LogP contribution in [0, 0.1) is 0 Å². The summed E-state index contributed by atoms with van der Waals surface area (Å²) in [4.78, 5) is 2.31. The first-order chi connectivity index (χ1) is 22.8. The maximum atomic E-state index is 6.60.